The van der Waals surface area contributed by atoms with Gasteiger partial charge in [0, 0.05) is 13.1 Å². The Morgan fingerprint density at radius 2 is 1.71 bits per heavy atom. The van der Waals surface area contributed by atoms with Gasteiger partial charge in [0.05, 0.1) is 7.11 Å². The van der Waals surface area contributed by atoms with Crippen molar-refractivity contribution in [3.8, 4) is 11.5 Å². The third-order valence-corrected chi connectivity index (χ3v) is 5.11. The van der Waals surface area contributed by atoms with Crippen molar-refractivity contribution in [2.24, 2.45) is 11.8 Å². The van der Waals surface area contributed by atoms with Gasteiger partial charge in [-0.1, -0.05) is 19.3 Å². The van der Waals surface area contributed by atoms with Crippen molar-refractivity contribution in [2.45, 2.75) is 32.1 Å². The van der Waals surface area contributed by atoms with Gasteiger partial charge in [0.25, 0.3) is 0 Å². The zero-order chi connectivity index (χ0) is 14.5. The normalized spacial score (nSPS) is 26.1. The Hall–Kier alpha value is -1.22. The number of rotatable bonds is 5. The summed E-state index contributed by atoms with van der Waals surface area (Å²) in [5.41, 5.74) is 0. The lowest BCUT2D eigenvalue weighted by atomic mass is 9.75. The van der Waals surface area contributed by atoms with Crippen LogP contribution in [0.3, 0.4) is 0 Å². The van der Waals surface area contributed by atoms with Gasteiger partial charge in [-0.2, -0.15) is 0 Å². The fourth-order valence-corrected chi connectivity index (χ4v) is 3.84. The first kappa shape index (κ1) is 14.7. The van der Waals surface area contributed by atoms with E-state index in [9.17, 15) is 0 Å². The number of benzene rings is 1. The molecule has 1 heterocycles. The number of likely N-dealkylation sites (tertiary alicyclic amines) is 1. The van der Waals surface area contributed by atoms with Gasteiger partial charge in [0.2, 0.25) is 0 Å². The van der Waals surface area contributed by atoms with Crippen molar-refractivity contribution in [3.63, 3.8) is 0 Å². The maximum atomic E-state index is 5.85. The van der Waals surface area contributed by atoms with Crippen LogP contribution in [0.1, 0.15) is 32.1 Å². The fraction of sp³-hybridized carbons (Fsp3) is 0.667. The van der Waals surface area contributed by atoms with Crippen LogP contribution in [0.25, 0.3) is 0 Å². The molecule has 2 aliphatic rings. The van der Waals surface area contributed by atoms with E-state index in [-0.39, 0.29) is 0 Å². The van der Waals surface area contributed by atoms with E-state index in [2.05, 4.69) is 4.90 Å². The molecule has 0 bridgehead atoms. The molecule has 0 amide bonds. The number of hydrogen-bond donors (Lipinski definition) is 0. The number of hydrogen-bond acceptors (Lipinski definition) is 3. The molecule has 1 aromatic rings. The maximum Gasteiger partial charge on any atom is 0.119 e. The molecule has 2 fully saturated rings. The average molecular weight is 289 g/mol. The third kappa shape index (κ3) is 3.91. The van der Waals surface area contributed by atoms with Gasteiger partial charge >= 0.3 is 0 Å². The van der Waals surface area contributed by atoms with Gasteiger partial charge in [-0.25, -0.2) is 0 Å². The minimum atomic E-state index is 0.781. The monoisotopic (exact) mass is 289 g/mol. The lowest BCUT2D eigenvalue weighted by molar-refractivity contribution is 0.0766. The van der Waals surface area contributed by atoms with Crippen LogP contribution in [-0.4, -0.2) is 38.3 Å². The molecule has 1 aromatic carbocycles. The summed E-state index contributed by atoms with van der Waals surface area (Å²) in [6.07, 6.45) is 7.22. The SMILES string of the molecule is COc1ccc(OCCN2CC[C@H]3CCCC[C@H]3C2)cc1. The minimum Gasteiger partial charge on any atom is -0.497 e. The van der Waals surface area contributed by atoms with Crippen molar-refractivity contribution in [1.29, 1.82) is 0 Å². The van der Waals surface area contributed by atoms with E-state index < -0.39 is 0 Å². The maximum absolute atomic E-state index is 5.85. The molecule has 1 saturated carbocycles. The minimum absolute atomic E-state index is 0.781. The Morgan fingerprint density at radius 1 is 1.00 bits per heavy atom. The summed E-state index contributed by atoms with van der Waals surface area (Å²) < 4.78 is 11.0. The summed E-state index contributed by atoms with van der Waals surface area (Å²) in [4.78, 5) is 2.59. The van der Waals surface area contributed by atoms with Crippen molar-refractivity contribution in [2.75, 3.05) is 33.4 Å². The molecule has 21 heavy (non-hydrogen) atoms. The second-order valence-electron chi connectivity index (χ2n) is 6.42. The molecule has 0 unspecified atom stereocenters. The van der Waals surface area contributed by atoms with Gasteiger partial charge in [-0.05, 0) is 55.5 Å². The van der Waals surface area contributed by atoms with Crippen molar-refractivity contribution in [3.05, 3.63) is 24.3 Å². The molecule has 1 aliphatic heterocycles. The Morgan fingerprint density at radius 3 is 2.48 bits per heavy atom. The molecular formula is C18H27NO2. The van der Waals surface area contributed by atoms with Gasteiger partial charge in [-0.15, -0.1) is 0 Å². The highest BCUT2D eigenvalue weighted by Gasteiger charge is 2.30. The highest BCUT2D eigenvalue weighted by molar-refractivity contribution is 5.31. The van der Waals surface area contributed by atoms with Crippen LogP contribution < -0.4 is 9.47 Å². The summed E-state index contributed by atoms with van der Waals surface area (Å²) in [7, 11) is 1.69. The van der Waals surface area contributed by atoms with E-state index in [1.165, 1.54) is 45.2 Å². The molecule has 116 valence electrons. The predicted molar refractivity (Wildman–Crippen MR) is 85.0 cm³/mol. The second kappa shape index (κ2) is 7.17. The predicted octanol–water partition coefficient (Wildman–Crippen LogP) is 3.59. The van der Waals surface area contributed by atoms with E-state index in [1.807, 2.05) is 24.3 Å². The Balaban J connectivity index is 1.40. The van der Waals surface area contributed by atoms with Crippen molar-refractivity contribution < 1.29 is 9.47 Å². The number of methoxy groups -OCH3 is 1. The van der Waals surface area contributed by atoms with Gasteiger partial charge < -0.3 is 9.47 Å². The second-order valence-corrected chi connectivity index (χ2v) is 6.42. The van der Waals surface area contributed by atoms with Gasteiger partial charge in [0.1, 0.15) is 18.1 Å². The number of fused-ring (bicyclic) bond motifs is 1. The first-order valence-electron chi connectivity index (χ1n) is 8.34. The Labute approximate surface area is 128 Å². The Bertz CT molecular complexity index is 431. The average Bonchev–Trinajstić information content (AvgIpc) is 2.55. The van der Waals surface area contributed by atoms with Gasteiger partial charge in [0.15, 0.2) is 0 Å². The molecule has 2 atom stereocenters. The molecular weight excluding hydrogens is 262 g/mol. The van der Waals surface area contributed by atoms with E-state index in [0.717, 1.165) is 36.5 Å². The number of nitrogens with zero attached hydrogens (tertiary/aromatic N) is 1. The standard InChI is InChI=1S/C18H27NO2/c1-20-17-6-8-18(9-7-17)21-13-12-19-11-10-15-4-2-3-5-16(15)14-19/h6-9,15-16H,2-5,10-14H2,1H3/t15-,16+/m1/s1. The first-order chi connectivity index (χ1) is 10.3. The molecule has 0 radical (unpaired) electrons. The lowest BCUT2D eigenvalue weighted by Gasteiger charge is -2.41. The van der Waals surface area contributed by atoms with Gasteiger partial charge in [-0.3, -0.25) is 4.90 Å². The lowest BCUT2D eigenvalue weighted by Crippen LogP contribution is -2.43. The molecule has 3 nitrogen and oxygen atoms in total. The largest absolute Gasteiger partial charge is 0.497 e. The fourth-order valence-electron chi connectivity index (χ4n) is 3.84. The van der Waals surface area contributed by atoms with Crippen LogP contribution in [-0.2, 0) is 0 Å². The molecule has 3 rings (SSSR count). The Kier molecular flexibility index (Phi) is 5.02. The van der Waals surface area contributed by atoms with E-state index in [1.54, 1.807) is 7.11 Å². The number of ether oxygens (including phenoxy) is 2. The molecule has 0 spiro atoms. The van der Waals surface area contributed by atoms with Crippen molar-refractivity contribution >= 4 is 0 Å². The summed E-state index contributed by atoms with van der Waals surface area (Å²) >= 11 is 0. The third-order valence-electron chi connectivity index (χ3n) is 5.11. The summed E-state index contributed by atoms with van der Waals surface area (Å²) in [6, 6.07) is 7.85. The van der Waals surface area contributed by atoms with E-state index in [4.69, 9.17) is 9.47 Å². The van der Waals surface area contributed by atoms with E-state index >= 15 is 0 Å². The number of piperidine rings is 1. The van der Waals surface area contributed by atoms with E-state index in [0.29, 0.717) is 0 Å². The molecule has 0 N–H and O–H groups in total. The topological polar surface area (TPSA) is 21.7 Å². The van der Waals surface area contributed by atoms with Crippen molar-refractivity contribution in [1.82, 2.24) is 4.90 Å². The van der Waals surface area contributed by atoms with Crippen LogP contribution in [0.2, 0.25) is 0 Å². The highest BCUT2D eigenvalue weighted by Crippen LogP contribution is 2.35. The quantitative estimate of drug-likeness (QED) is 0.827. The van der Waals surface area contributed by atoms with Crippen LogP contribution >= 0.6 is 0 Å². The molecule has 1 saturated heterocycles. The molecule has 3 heteroatoms. The first-order valence-corrected chi connectivity index (χ1v) is 8.34. The molecule has 1 aliphatic carbocycles. The van der Waals surface area contributed by atoms with Crippen LogP contribution in [0.4, 0.5) is 0 Å². The molecule has 0 aromatic heterocycles. The highest BCUT2D eigenvalue weighted by atomic mass is 16.5. The summed E-state index contributed by atoms with van der Waals surface area (Å²) in [5, 5.41) is 0. The van der Waals surface area contributed by atoms with Crippen LogP contribution in [0.5, 0.6) is 11.5 Å². The van der Waals surface area contributed by atoms with Crippen LogP contribution in [0.15, 0.2) is 24.3 Å². The summed E-state index contributed by atoms with van der Waals surface area (Å²) in [5.74, 6) is 3.77. The van der Waals surface area contributed by atoms with Crippen LogP contribution in [0, 0.1) is 11.8 Å². The smallest absolute Gasteiger partial charge is 0.119 e. The zero-order valence-electron chi connectivity index (χ0n) is 13.1. The summed E-state index contributed by atoms with van der Waals surface area (Å²) in [6.45, 7) is 4.38. The zero-order valence-corrected chi connectivity index (χ0v) is 13.1.